The van der Waals surface area contributed by atoms with Gasteiger partial charge in [-0.15, -0.1) is 0 Å². The summed E-state index contributed by atoms with van der Waals surface area (Å²) in [6.07, 6.45) is 11.6. The molecule has 0 aliphatic heterocycles. The molecule has 6 rings (SSSR count). The van der Waals surface area contributed by atoms with Gasteiger partial charge in [-0.05, 0) is 108 Å². The fraction of sp³-hybridized carbons (Fsp3) is 0.209. The van der Waals surface area contributed by atoms with Gasteiger partial charge in [0.2, 0.25) is 0 Å². The molecule has 49 heavy (non-hydrogen) atoms. The number of allylic oxidation sites excluding steroid dienone is 1. The number of nitrogens with two attached hydrogens (primary N) is 1. The van der Waals surface area contributed by atoms with Crippen molar-refractivity contribution >= 4 is 64.0 Å². The molecule has 0 bridgehead atoms. The van der Waals surface area contributed by atoms with E-state index in [1.165, 1.54) is 22.9 Å². The summed E-state index contributed by atoms with van der Waals surface area (Å²) in [5.41, 5.74) is 13.8. The van der Waals surface area contributed by atoms with E-state index in [0.29, 0.717) is 5.02 Å². The Morgan fingerprint density at radius 2 is 1.67 bits per heavy atom. The maximum Gasteiger partial charge on any atom is 0.303 e. The molecule has 3 N–H and O–H groups in total. The van der Waals surface area contributed by atoms with Gasteiger partial charge in [-0.1, -0.05) is 121 Å². The first kappa shape index (κ1) is 35.7. The van der Waals surface area contributed by atoms with Crippen molar-refractivity contribution < 1.29 is 9.90 Å². The zero-order chi connectivity index (χ0) is 34.6. The first-order valence-electron chi connectivity index (χ1n) is 16.6. The quantitative estimate of drug-likeness (QED) is 0.121. The Bertz CT molecular complexity index is 1950. The van der Waals surface area contributed by atoms with E-state index >= 15 is 0 Å². The van der Waals surface area contributed by atoms with E-state index in [-0.39, 0.29) is 17.1 Å². The van der Waals surface area contributed by atoms with Crippen molar-refractivity contribution in [3.05, 3.63) is 161 Å². The van der Waals surface area contributed by atoms with E-state index in [1.807, 2.05) is 78.5 Å². The molecule has 0 radical (unpaired) electrons. The van der Waals surface area contributed by atoms with Crippen LogP contribution in [0.3, 0.4) is 0 Å². The third-order valence-corrected chi connectivity index (χ3v) is 10.6. The van der Waals surface area contributed by atoms with Gasteiger partial charge in [0.1, 0.15) is 0 Å². The number of aryl methyl sites for hydroxylation is 1. The largest absolute Gasteiger partial charge is 0.481 e. The third-order valence-electron chi connectivity index (χ3n) is 8.73. The number of carboxylic acids is 1. The van der Waals surface area contributed by atoms with Gasteiger partial charge in [0, 0.05) is 15.7 Å². The third kappa shape index (κ3) is 10.2. The van der Waals surface area contributed by atoms with Crippen LogP contribution in [-0.4, -0.2) is 21.8 Å². The van der Waals surface area contributed by atoms with Gasteiger partial charge in [-0.2, -0.15) is 11.8 Å². The van der Waals surface area contributed by atoms with Gasteiger partial charge in [-0.3, -0.25) is 4.79 Å². The van der Waals surface area contributed by atoms with E-state index < -0.39 is 5.97 Å². The molecule has 0 spiro atoms. The van der Waals surface area contributed by atoms with Crippen molar-refractivity contribution in [2.24, 2.45) is 11.1 Å². The monoisotopic (exact) mass is 686 g/mol. The zero-order valence-electron chi connectivity index (χ0n) is 27.9. The minimum absolute atomic E-state index is 0.147. The van der Waals surface area contributed by atoms with E-state index in [4.69, 9.17) is 22.3 Å². The van der Waals surface area contributed by atoms with Crippen LogP contribution in [0.5, 0.6) is 0 Å². The fourth-order valence-corrected chi connectivity index (χ4v) is 7.84. The van der Waals surface area contributed by atoms with Crippen LogP contribution in [0.25, 0.3) is 34.7 Å². The number of hydrogen-bond acceptors (Lipinski definition) is 4. The number of thioether (sulfide) groups is 1. The molecule has 1 aliphatic carbocycles. The predicted octanol–water partition coefficient (Wildman–Crippen LogP) is 11.4. The first-order valence-corrected chi connectivity index (χ1v) is 18.0. The van der Waals surface area contributed by atoms with Crippen LogP contribution in [0.1, 0.15) is 71.4 Å². The highest BCUT2D eigenvalue weighted by Gasteiger charge is 2.51. The van der Waals surface area contributed by atoms with Gasteiger partial charge < -0.3 is 10.8 Å². The minimum Gasteiger partial charge on any atom is -0.481 e. The Hall–Kier alpha value is -4.58. The molecule has 4 nitrogen and oxygen atoms in total. The molecule has 0 amide bonds. The Kier molecular flexibility index (Phi) is 12.5. The molecule has 1 heterocycles. The molecule has 5 aromatic rings. The molecular weight excluding hydrogens is 644 g/mol. The van der Waals surface area contributed by atoms with E-state index in [9.17, 15) is 9.90 Å². The summed E-state index contributed by atoms with van der Waals surface area (Å²) in [7, 11) is 0. The average Bonchev–Trinajstić information content (AvgIpc) is 3.87. The molecule has 1 atom stereocenters. The van der Waals surface area contributed by atoms with Crippen LogP contribution in [-0.2, 0) is 11.2 Å². The Labute approximate surface area is 299 Å². The summed E-state index contributed by atoms with van der Waals surface area (Å²) >= 11 is 8.07. The lowest BCUT2D eigenvalue weighted by atomic mass is 9.91. The summed E-state index contributed by atoms with van der Waals surface area (Å²) < 4.78 is 0. The fourth-order valence-electron chi connectivity index (χ4n) is 6.12. The first-order chi connectivity index (χ1) is 23.8. The van der Waals surface area contributed by atoms with E-state index in [2.05, 4.69) is 74.2 Å². The zero-order valence-corrected chi connectivity index (χ0v) is 29.5. The number of fused-ring (bicyclic) bond motifs is 1. The summed E-state index contributed by atoms with van der Waals surface area (Å²) in [4.78, 5) is 16.5. The molecule has 4 aromatic carbocycles. The minimum atomic E-state index is -0.711. The number of benzene rings is 4. The van der Waals surface area contributed by atoms with Crippen LogP contribution < -0.4 is 5.73 Å². The highest BCUT2D eigenvalue weighted by molar-refractivity contribution is 7.99. The van der Waals surface area contributed by atoms with Crippen LogP contribution in [0, 0.1) is 5.41 Å². The molecule has 0 unspecified atom stereocenters. The van der Waals surface area contributed by atoms with E-state index in [1.54, 1.807) is 0 Å². The Balaban J connectivity index is 0.000000452. The van der Waals surface area contributed by atoms with Crippen molar-refractivity contribution in [3.63, 3.8) is 0 Å². The summed E-state index contributed by atoms with van der Waals surface area (Å²) in [5.74, 6) is 0.261. The highest BCUT2D eigenvalue weighted by Crippen LogP contribution is 2.62. The molecule has 1 aliphatic rings. The molecule has 1 aromatic heterocycles. The number of pyridine rings is 1. The van der Waals surface area contributed by atoms with Crippen molar-refractivity contribution in [1.82, 2.24) is 4.98 Å². The summed E-state index contributed by atoms with van der Waals surface area (Å²) in [5, 5.41) is 11.6. The second kappa shape index (κ2) is 17.2. The van der Waals surface area contributed by atoms with Crippen LogP contribution in [0.15, 0.2) is 122 Å². The number of halogens is 1. The maximum absolute atomic E-state index is 11.8. The van der Waals surface area contributed by atoms with Crippen LogP contribution in [0.2, 0.25) is 5.02 Å². The molecule has 1 saturated carbocycles. The van der Waals surface area contributed by atoms with Gasteiger partial charge in [0.15, 0.2) is 0 Å². The van der Waals surface area contributed by atoms with Gasteiger partial charge in [0.25, 0.3) is 0 Å². The lowest BCUT2D eigenvalue weighted by molar-refractivity contribution is -0.138. The smallest absolute Gasteiger partial charge is 0.303 e. The standard InChI is InChI=1S/C35H34ClNO2S.C8H9N/c1-24(2)31-11-4-3-8-26(31)10-6-20-40-34(35(18-19-35)23-33(38)39)28-9-5-7-25(21-28)12-16-30-17-14-27-13-15-29(36)22-32(27)37-30;9-7-6-8-4-2-1-3-5-8/h3-5,7-9,11-17,21-22,34H,1,6,10,18-20,23H2,2H3,(H,38,39);1-7H,9H2/t34-;/m0./s1. The number of rotatable bonds is 13. The second-order valence-corrected chi connectivity index (χ2v) is 14.2. The molecular formula is C43H43ClN2O2S. The summed E-state index contributed by atoms with van der Waals surface area (Å²) in [6, 6.07) is 36.8. The normalized spacial score (nSPS) is 14.0. The lowest BCUT2D eigenvalue weighted by Crippen LogP contribution is -2.17. The number of hydrogen-bond donors (Lipinski definition) is 2. The topological polar surface area (TPSA) is 76.2 Å². The summed E-state index contributed by atoms with van der Waals surface area (Å²) in [6.45, 7) is 6.19. The van der Waals surface area contributed by atoms with Gasteiger partial charge >= 0.3 is 5.97 Å². The average molecular weight is 687 g/mol. The molecule has 0 saturated heterocycles. The van der Waals surface area contributed by atoms with Gasteiger partial charge in [0.05, 0.1) is 17.6 Å². The number of carboxylic acid groups (broad SMARTS) is 1. The maximum atomic E-state index is 11.8. The molecule has 6 heteroatoms. The van der Waals surface area contributed by atoms with E-state index in [0.717, 1.165) is 64.7 Å². The highest BCUT2D eigenvalue weighted by atomic mass is 35.5. The van der Waals surface area contributed by atoms with Crippen LogP contribution in [0.4, 0.5) is 0 Å². The molecule has 1 fully saturated rings. The predicted molar refractivity (Wildman–Crippen MR) is 210 cm³/mol. The van der Waals surface area contributed by atoms with Crippen molar-refractivity contribution in [2.75, 3.05) is 5.75 Å². The molecule has 250 valence electrons. The SMILES string of the molecule is C=C(C)c1ccccc1CCCS[C@@H](c1cccc(C=Cc2ccc3ccc(Cl)cc3n2)c1)C1(CC(=O)O)CC1.NC=Cc1ccccc1. The number of nitrogens with zero attached hydrogens (tertiary/aromatic N) is 1. The Morgan fingerprint density at radius 1 is 0.939 bits per heavy atom. The Morgan fingerprint density at radius 3 is 2.41 bits per heavy atom. The van der Waals surface area contributed by atoms with Crippen molar-refractivity contribution in [1.29, 1.82) is 0 Å². The number of aromatic nitrogens is 1. The van der Waals surface area contributed by atoms with Gasteiger partial charge in [-0.25, -0.2) is 4.98 Å². The van der Waals surface area contributed by atoms with Crippen molar-refractivity contribution in [2.45, 2.75) is 44.3 Å². The number of carbonyl (C=O) groups is 1. The second-order valence-electron chi connectivity index (χ2n) is 12.6. The van der Waals surface area contributed by atoms with Crippen molar-refractivity contribution in [3.8, 4) is 0 Å². The number of aliphatic carboxylic acids is 1. The van der Waals surface area contributed by atoms with Crippen LogP contribution >= 0.6 is 23.4 Å². The lowest BCUT2D eigenvalue weighted by Gasteiger charge is -2.26.